The van der Waals surface area contributed by atoms with Gasteiger partial charge >= 0.3 is 5.97 Å². The monoisotopic (exact) mass is 300 g/mol. The number of rotatable bonds is 5. The number of aromatic nitrogens is 2. The Kier molecular flexibility index (Phi) is 5.33. The van der Waals surface area contributed by atoms with Crippen LogP contribution in [0.1, 0.15) is 19.3 Å². The van der Waals surface area contributed by atoms with Crippen LogP contribution in [0.25, 0.3) is 0 Å². The van der Waals surface area contributed by atoms with Crippen LogP contribution in [0, 0.1) is 0 Å². The molecular weight excluding hydrogens is 284 g/mol. The first-order valence-corrected chi connectivity index (χ1v) is 8.22. The van der Waals surface area contributed by atoms with Crippen molar-refractivity contribution < 1.29 is 9.90 Å². The highest BCUT2D eigenvalue weighted by Gasteiger charge is 2.16. The summed E-state index contributed by atoms with van der Waals surface area (Å²) in [4.78, 5) is 25.8. The lowest BCUT2D eigenvalue weighted by Gasteiger charge is -2.23. The van der Waals surface area contributed by atoms with Crippen molar-refractivity contribution in [2.45, 2.75) is 36.2 Å². The summed E-state index contributed by atoms with van der Waals surface area (Å²) < 4.78 is 1.90. The number of carboxylic acids is 1. The standard InChI is InChI=1S/C12H16N2O3S2/c15-10-4-5-14(7-9-3-1-2-6-18-9)12(13-10)19-8-11(16)17/h4-5,9H,1-3,6-8H2,(H,16,17). The van der Waals surface area contributed by atoms with Gasteiger partial charge in [-0.05, 0) is 18.6 Å². The van der Waals surface area contributed by atoms with Crippen LogP contribution in [0.3, 0.4) is 0 Å². The molecule has 1 unspecified atom stereocenters. The third kappa shape index (κ3) is 4.58. The van der Waals surface area contributed by atoms with Crippen molar-refractivity contribution in [2.75, 3.05) is 11.5 Å². The second kappa shape index (κ2) is 7.00. The number of hydrogen-bond donors (Lipinski definition) is 1. The van der Waals surface area contributed by atoms with Gasteiger partial charge in [0, 0.05) is 24.1 Å². The second-order valence-corrected chi connectivity index (χ2v) is 6.72. The molecule has 19 heavy (non-hydrogen) atoms. The Balaban J connectivity index is 2.08. The van der Waals surface area contributed by atoms with E-state index in [1.54, 1.807) is 6.20 Å². The highest BCUT2D eigenvalue weighted by atomic mass is 32.2. The lowest BCUT2D eigenvalue weighted by Crippen LogP contribution is -2.21. The summed E-state index contributed by atoms with van der Waals surface area (Å²) in [6, 6.07) is 1.43. The largest absolute Gasteiger partial charge is 0.481 e. The molecule has 5 nitrogen and oxygen atoms in total. The van der Waals surface area contributed by atoms with Crippen molar-refractivity contribution in [1.82, 2.24) is 9.55 Å². The SMILES string of the molecule is O=C(O)CSc1nc(=O)ccn1CC1CCCCS1. The van der Waals surface area contributed by atoms with E-state index in [1.165, 1.54) is 31.1 Å². The molecular formula is C12H16N2O3S2. The Morgan fingerprint density at radius 1 is 1.58 bits per heavy atom. The molecule has 0 aliphatic carbocycles. The minimum absolute atomic E-state index is 0.0751. The van der Waals surface area contributed by atoms with E-state index < -0.39 is 5.97 Å². The van der Waals surface area contributed by atoms with Crippen molar-refractivity contribution in [2.24, 2.45) is 0 Å². The van der Waals surface area contributed by atoms with Gasteiger partial charge in [0.15, 0.2) is 5.16 Å². The number of aliphatic carboxylic acids is 1. The summed E-state index contributed by atoms with van der Waals surface area (Å²) in [7, 11) is 0. The predicted molar refractivity (Wildman–Crippen MR) is 77.0 cm³/mol. The first kappa shape index (κ1) is 14.5. The van der Waals surface area contributed by atoms with Crippen molar-refractivity contribution in [3.05, 3.63) is 22.6 Å². The van der Waals surface area contributed by atoms with Gasteiger partial charge in [-0.2, -0.15) is 16.7 Å². The summed E-state index contributed by atoms with van der Waals surface area (Å²) >= 11 is 3.04. The van der Waals surface area contributed by atoms with E-state index in [0.29, 0.717) is 10.4 Å². The van der Waals surface area contributed by atoms with Crippen molar-refractivity contribution in [3.8, 4) is 0 Å². The molecule has 2 rings (SSSR count). The van der Waals surface area contributed by atoms with Crippen molar-refractivity contribution in [3.63, 3.8) is 0 Å². The number of carbonyl (C=O) groups is 1. The maximum Gasteiger partial charge on any atom is 0.313 e. The van der Waals surface area contributed by atoms with Gasteiger partial charge in [0.1, 0.15) is 0 Å². The molecule has 1 atom stereocenters. The first-order chi connectivity index (χ1) is 9.15. The smallest absolute Gasteiger partial charge is 0.313 e. The van der Waals surface area contributed by atoms with Gasteiger partial charge in [0.05, 0.1) is 5.75 Å². The number of thioether (sulfide) groups is 2. The van der Waals surface area contributed by atoms with Crippen LogP contribution in [0.2, 0.25) is 0 Å². The lowest BCUT2D eigenvalue weighted by molar-refractivity contribution is -0.133. The minimum Gasteiger partial charge on any atom is -0.481 e. The van der Waals surface area contributed by atoms with Gasteiger partial charge in [0.2, 0.25) is 0 Å². The highest BCUT2D eigenvalue weighted by molar-refractivity contribution is 8.00. The first-order valence-electron chi connectivity index (χ1n) is 6.19. The average Bonchev–Trinajstić information content (AvgIpc) is 2.40. The molecule has 0 bridgehead atoms. The van der Waals surface area contributed by atoms with Gasteiger partial charge < -0.3 is 9.67 Å². The normalized spacial score (nSPS) is 19.3. The third-order valence-corrected chi connectivity index (χ3v) is 5.20. The van der Waals surface area contributed by atoms with E-state index in [0.717, 1.165) is 18.3 Å². The van der Waals surface area contributed by atoms with Crippen LogP contribution in [0.5, 0.6) is 0 Å². The van der Waals surface area contributed by atoms with E-state index in [4.69, 9.17) is 5.11 Å². The molecule has 0 spiro atoms. The predicted octanol–water partition coefficient (Wildman–Crippen LogP) is 1.71. The number of nitrogens with zero attached hydrogens (tertiary/aromatic N) is 2. The van der Waals surface area contributed by atoms with E-state index in [-0.39, 0.29) is 11.3 Å². The summed E-state index contributed by atoms with van der Waals surface area (Å²) in [6.07, 6.45) is 5.39. The quantitative estimate of drug-likeness (QED) is 0.659. The molecule has 7 heteroatoms. The number of carboxylic acid groups (broad SMARTS) is 1. The Labute approximate surface area is 119 Å². The summed E-state index contributed by atoms with van der Waals surface area (Å²) in [6.45, 7) is 0.792. The van der Waals surface area contributed by atoms with E-state index in [2.05, 4.69) is 4.98 Å². The van der Waals surface area contributed by atoms with Crippen LogP contribution in [0.4, 0.5) is 0 Å². The fourth-order valence-electron chi connectivity index (χ4n) is 1.96. The Bertz CT molecular complexity index is 498. The van der Waals surface area contributed by atoms with Gasteiger partial charge in [-0.25, -0.2) is 0 Å². The number of hydrogen-bond acceptors (Lipinski definition) is 5. The van der Waals surface area contributed by atoms with Gasteiger partial charge in [0.25, 0.3) is 5.56 Å². The Morgan fingerprint density at radius 2 is 2.42 bits per heavy atom. The molecule has 1 saturated heterocycles. The van der Waals surface area contributed by atoms with Crippen LogP contribution in [-0.4, -0.2) is 37.4 Å². The van der Waals surface area contributed by atoms with E-state index >= 15 is 0 Å². The van der Waals surface area contributed by atoms with Crippen LogP contribution in [0.15, 0.2) is 22.2 Å². The molecule has 0 saturated carbocycles. The van der Waals surface area contributed by atoms with Crippen LogP contribution in [-0.2, 0) is 11.3 Å². The second-order valence-electron chi connectivity index (χ2n) is 4.37. The Hall–Kier alpha value is -0.950. The van der Waals surface area contributed by atoms with Crippen LogP contribution >= 0.6 is 23.5 Å². The fourth-order valence-corrected chi connectivity index (χ4v) is 3.98. The molecule has 0 aromatic carbocycles. The molecule has 0 radical (unpaired) electrons. The maximum absolute atomic E-state index is 11.3. The zero-order valence-corrected chi connectivity index (χ0v) is 12.1. The van der Waals surface area contributed by atoms with Crippen molar-refractivity contribution >= 4 is 29.5 Å². The molecule has 0 amide bonds. The summed E-state index contributed by atoms with van der Waals surface area (Å²) in [5, 5.41) is 9.75. The van der Waals surface area contributed by atoms with Crippen LogP contribution < -0.4 is 5.56 Å². The molecule has 1 fully saturated rings. The Morgan fingerprint density at radius 3 is 3.11 bits per heavy atom. The summed E-state index contributed by atoms with van der Waals surface area (Å²) in [5.74, 6) is 0.200. The highest BCUT2D eigenvalue weighted by Crippen LogP contribution is 2.27. The fraction of sp³-hybridized carbons (Fsp3) is 0.583. The zero-order chi connectivity index (χ0) is 13.7. The zero-order valence-electron chi connectivity index (χ0n) is 10.4. The summed E-state index contributed by atoms with van der Waals surface area (Å²) in [5.41, 5.74) is -0.319. The molecule has 1 aliphatic heterocycles. The minimum atomic E-state index is -0.901. The molecule has 2 heterocycles. The van der Waals surface area contributed by atoms with Gasteiger partial charge in [-0.15, -0.1) is 0 Å². The van der Waals surface area contributed by atoms with Gasteiger partial charge in [-0.3, -0.25) is 9.59 Å². The molecule has 1 aromatic heterocycles. The molecule has 104 valence electrons. The maximum atomic E-state index is 11.3. The topological polar surface area (TPSA) is 72.2 Å². The average molecular weight is 300 g/mol. The molecule has 1 aromatic rings. The lowest BCUT2D eigenvalue weighted by atomic mass is 10.2. The van der Waals surface area contributed by atoms with E-state index in [9.17, 15) is 9.59 Å². The van der Waals surface area contributed by atoms with Crippen molar-refractivity contribution in [1.29, 1.82) is 0 Å². The van der Waals surface area contributed by atoms with Gasteiger partial charge in [-0.1, -0.05) is 18.2 Å². The molecule has 1 aliphatic rings. The third-order valence-electron chi connectivity index (χ3n) is 2.85. The van der Waals surface area contributed by atoms with E-state index in [1.807, 2.05) is 16.3 Å². The molecule has 1 N–H and O–H groups in total.